The van der Waals surface area contributed by atoms with E-state index in [1.807, 2.05) is 0 Å². The Morgan fingerprint density at radius 3 is 3.05 bits per heavy atom. The van der Waals surface area contributed by atoms with Crippen LogP contribution in [0.4, 0.5) is 5.82 Å². The topological polar surface area (TPSA) is 93.5 Å². The normalized spacial score (nSPS) is 22.0. The molecule has 0 unspecified atom stereocenters. The van der Waals surface area contributed by atoms with Gasteiger partial charge in [-0.05, 0) is 18.8 Å². The molecule has 0 radical (unpaired) electrons. The lowest BCUT2D eigenvalue weighted by atomic mass is 9.89. The second-order valence-electron chi connectivity index (χ2n) is 5.55. The average Bonchev–Trinajstić information content (AvgIpc) is 2.83. The number of amides is 1. The van der Waals surface area contributed by atoms with Crippen LogP contribution in [-0.4, -0.2) is 39.5 Å². The number of ether oxygens (including phenoxy) is 1. The van der Waals surface area contributed by atoms with E-state index in [-0.39, 0.29) is 25.2 Å². The van der Waals surface area contributed by atoms with Gasteiger partial charge < -0.3 is 15.2 Å². The number of nitrogens with one attached hydrogen (secondary N) is 1. The molecule has 2 rings (SSSR count). The fourth-order valence-corrected chi connectivity index (χ4v) is 2.56. The van der Waals surface area contributed by atoms with Crippen LogP contribution in [0.25, 0.3) is 0 Å². The van der Waals surface area contributed by atoms with Gasteiger partial charge >= 0.3 is 5.97 Å². The van der Waals surface area contributed by atoms with Crippen LogP contribution in [0.2, 0.25) is 0 Å². The summed E-state index contributed by atoms with van der Waals surface area (Å²) in [6, 6.07) is 1.56. The molecule has 1 aliphatic carbocycles. The number of carboxylic acids is 1. The van der Waals surface area contributed by atoms with Crippen molar-refractivity contribution in [3.63, 3.8) is 0 Å². The molecule has 2 N–H and O–H groups in total. The third-order valence-corrected chi connectivity index (χ3v) is 3.54. The van der Waals surface area contributed by atoms with E-state index in [9.17, 15) is 9.59 Å². The van der Waals surface area contributed by atoms with Gasteiger partial charge in [0.25, 0.3) is 5.91 Å². The van der Waals surface area contributed by atoms with Crippen molar-refractivity contribution in [2.45, 2.75) is 45.3 Å². The van der Waals surface area contributed by atoms with Crippen LogP contribution in [0.1, 0.15) is 32.6 Å². The summed E-state index contributed by atoms with van der Waals surface area (Å²) in [5, 5.41) is 15.2. The maximum Gasteiger partial charge on any atom is 0.325 e. The van der Waals surface area contributed by atoms with Gasteiger partial charge in [-0.2, -0.15) is 5.10 Å². The van der Waals surface area contributed by atoms with E-state index < -0.39 is 5.97 Å². The van der Waals surface area contributed by atoms with Crippen LogP contribution in [0, 0.1) is 5.92 Å². The Morgan fingerprint density at radius 1 is 1.52 bits per heavy atom. The van der Waals surface area contributed by atoms with Gasteiger partial charge in [0.05, 0.1) is 6.10 Å². The standard InChI is InChI=1S/C14H21N3O4/c1-10-3-2-4-11(7-10)21-9-13(18)15-12-5-6-17(16-12)8-14(19)20/h5-6,10-11H,2-4,7-9H2,1H3,(H,19,20)(H,15,16,18)/t10-,11+/m0/s1. The predicted molar refractivity (Wildman–Crippen MR) is 75.9 cm³/mol. The first kappa shape index (κ1) is 15.5. The van der Waals surface area contributed by atoms with Gasteiger partial charge in [0, 0.05) is 12.3 Å². The lowest BCUT2D eigenvalue weighted by Crippen LogP contribution is -2.27. The average molecular weight is 295 g/mol. The highest BCUT2D eigenvalue weighted by molar-refractivity contribution is 5.90. The zero-order valence-electron chi connectivity index (χ0n) is 12.1. The summed E-state index contributed by atoms with van der Waals surface area (Å²) in [5.74, 6) is -0.264. The van der Waals surface area contributed by atoms with Crippen molar-refractivity contribution in [2.24, 2.45) is 5.92 Å². The van der Waals surface area contributed by atoms with Crippen molar-refractivity contribution < 1.29 is 19.4 Å². The minimum absolute atomic E-state index is 0.00315. The number of hydrogen-bond donors (Lipinski definition) is 2. The highest BCUT2D eigenvalue weighted by atomic mass is 16.5. The highest BCUT2D eigenvalue weighted by Crippen LogP contribution is 2.25. The van der Waals surface area contributed by atoms with Crippen LogP contribution < -0.4 is 5.32 Å². The van der Waals surface area contributed by atoms with Gasteiger partial charge in [-0.1, -0.05) is 19.8 Å². The van der Waals surface area contributed by atoms with Gasteiger partial charge in [0.15, 0.2) is 5.82 Å². The number of hydrogen-bond acceptors (Lipinski definition) is 4. The van der Waals surface area contributed by atoms with Crippen LogP contribution in [0.3, 0.4) is 0 Å². The summed E-state index contributed by atoms with van der Waals surface area (Å²) >= 11 is 0. The maximum absolute atomic E-state index is 11.8. The van der Waals surface area contributed by atoms with Crippen molar-refractivity contribution in [1.29, 1.82) is 0 Å². The van der Waals surface area contributed by atoms with E-state index in [1.54, 1.807) is 6.07 Å². The molecule has 7 heteroatoms. The number of carbonyl (C=O) groups is 2. The van der Waals surface area contributed by atoms with E-state index in [1.165, 1.54) is 17.3 Å². The number of carboxylic acid groups (broad SMARTS) is 1. The van der Waals surface area contributed by atoms with Crippen LogP contribution >= 0.6 is 0 Å². The number of rotatable bonds is 6. The molecular weight excluding hydrogens is 274 g/mol. The van der Waals surface area contributed by atoms with E-state index in [2.05, 4.69) is 17.3 Å². The van der Waals surface area contributed by atoms with Gasteiger partial charge in [-0.15, -0.1) is 0 Å². The number of anilines is 1. The quantitative estimate of drug-likeness (QED) is 0.829. The molecule has 0 aromatic carbocycles. The number of aliphatic carboxylic acids is 1. The number of aromatic nitrogens is 2. The second-order valence-corrected chi connectivity index (χ2v) is 5.55. The summed E-state index contributed by atoms with van der Waals surface area (Å²) in [6.07, 6.45) is 6.04. The lowest BCUT2D eigenvalue weighted by molar-refractivity contribution is -0.137. The van der Waals surface area contributed by atoms with E-state index in [0.29, 0.717) is 11.7 Å². The van der Waals surface area contributed by atoms with Gasteiger partial charge in [0.2, 0.25) is 0 Å². The maximum atomic E-state index is 11.8. The zero-order chi connectivity index (χ0) is 15.2. The molecule has 0 aliphatic heterocycles. The van der Waals surface area contributed by atoms with E-state index in [0.717, 1.165) is 19.3 Å². The van der Waals surface area contributed by atoms with Crippen LogP contribution in [-0.2, 0) is 20.9 Å². The summed E-state index contributed by atoms with van der Waals surface area (Å²) in [4.78, 5) is 22.3. The van der Waals surface area contributed by atoms with Crippen LogP contribution in [0.5, 0.6) is 0 Å². The summed E-state index contributed by atoms with van der Waals surface area (Å²) in [5.41, 5.74) is 0. The summed E-state index contributed by atoms with van der Waals surface area (Å²) in [6.45, 7) is 1.97. The molecule has 1 aromatic heterocycles. The lowest BCUT2D eigenvalue weighted by Gasteiger charge is -2.26. The van der Waals surface area contributed by atoms with Crippen molar-refractivity contribution in [1.82, 2.24) is 9.78 Å². The third-order valence-electron chi connectivity index (χ3n) is 3.54. The molecule has 0 spiro atoms. The fourth-order valence-electron chi connectivity index (χ4n) is 2.56. The Hall–Kier alpha value is -1.89. The molecule has 1 fully saturated rings. The molecule has 0 saturated heterocycles. The molecule has 2 atom stereocenters. The fraction of sp³-hybridized carbons (Fsp3) is 0.643. The van der Waals surface area contributed by atoms with Gasteiger partial charge in [0.1, 0.15) is 13.2 Å². The largest absolute Gasteiger partial charge is 0.480 e. The molecular formula is C14H21N3O4. The van der Waals surface area contributed by atoms with Crippen LogP contribution in [0.15, 0.2) is 12.3 Å². The van der Waals surface area contributed by atoms with Crippen molar-refractivity contribution in [3.05, 3.63) is 12.3 Å². The number of carbonyl (C=O) groups excluding carboxylic acids is 1. The summed E-state index contributed by atoms with van der Waals surface area (Å²) in [7, 11) is 0. The Morgan fingerprint density at radius 2 is 2.33 bits per heavy atom. The minimum Gasteiger partial charge on any atom is -0.480 e. The molecule has 1 saturated carbocycles. The monoisotopic (exact) mass is 295 g/mol. The molecule has 0 bridgehead atoms. The highest BCUT2D eigenvalue weighted by Gasteiger charge is 2.20. The Labute approximate surface area is 123 Å². The SMILES string of the molecule is C[C@H]1CCC[C@@H](OCC(=O)Nc2ccn(CC(=O)O)n2)C1. The first-order valence-electron chi connectivity index (χ1n) is 7.19. The molecule has 1 amide bonds. The van der Waals surface area contributed by atoms with Crippen molar-refractivity contribution >= 4 is 17.7 Å². The van der Waals surface area contributed by atoms with Crippen molar-refractivity contribution in [3.8, 4) is 0 Å². The molecule has 1 aliphatic rings. The van der Waals surface area contributed by atoms with Gasteiger partial charge in [-0.3, -0.25) is 14.3 Å². The second kappa shape index (κ2) is 7.21. The molecule has 1 heterocycles. The summed E-state index contributed by atoms with van der Waals surface area (Å²) < 4.78 is 6.87. The Balaban J connectivity index is 1.73. The Bertz CT molecular complexity index is 500. The molecule has 21 heavy (non-hydrogen) atoms. The van der Waals surface area contributed by atoms with E-state index in [4.69, 9.17) is 9.84 Å². The van der Waals surface area contributed by atoms with Gasteiger partial charge in [-0.25, -0.2) is 0 Å². The minimum atomic E-state index is -0.981. The Kier molecular flexibility index (Phi) is 5.32. The smallest absolute Gasteiger partial charge is 0.325 e. The number of nitrogens with zero attached hydrogens (tertiary/aromatic N) is 2. The molecule has 7 nitrogen and oxygen atoms in total. The van der Waals surface area contributed by atoms with E-state index >= 15 is 0 Å². The first-order valence-corrected chi connectivity index (χ1v) is 7.19. The molecule has 1 aromatic rings. The predicted octanol–water partition coefficient (Wildman–Crippen LogP) is 1.50. The third kappa shape index (κ3) is 5.18. The first-order chi connectivity index (χ1) is 10.0. The van der Waals surface area contributed by atoms with Crippen molar-refractivity contribution in [2.75, 3.05) is 11.9 Å². The zero-order valence-corrected chi connectivity index (χ0v) is 12.1. The molecule has 116 valence electrons.